The molecule has 0 radical (unpaired) electrons. The Morgan fingerprint density at radius 1 is 1.06 bits per heavy atom. The van der Waals surface area contributed by atoms with Crippen molar-refractivity contribution < 1.29 is 28.2 Å². The molecule has 0 unspecified atom stereocenters. The predicted molar refractivity (Wildman–Crippen MR) is 121 cm³/mol. The summed E-state index contributed by atoms with van der Waals surface area (Å²) in [7, 11) is 4.14. The minimum absolute atomic E-state index is 0.0678. The van der Waals surface area contributed by atoms with Crippen LogP contribution in [0.15, 0.2) is 52.4 Å². The van der Waals surface area contributed by atoms with Crippen LogP contribution in [0.2, 0.25) is 0 Å². The molecule has 0 aliphatic rings. The lowest BCUT2D eigenvalue weighted by Crippen LogP contribution is -2.24. The van der Waals surface area contributed by atoms with E-state index in [1.165, 1.54) is 64.7 Å². The van der Waals surface area contributed by atoms with Gasteiger partial charge < -0.3 is 14.2 Å². The highest BCUT2D eigenvalue weighted by molar-refractivity contribution is 6.02. The molecule has 1 amide bonds. The van der Waals surface area contributed by atoms with Crippen LogP contribution in [0, 0.1) is 5.82 Å². The van der Waals surface area contributed by atoms with Crippen molar-refractivity contribution in [2.24, 2.45) is 5.10 Å². The monoisotopic (exact) mass is 470 g/mol. The zero-order valence-corrected chi connectivity index (χ0v) is 19.0. The van der Waals surface area contributed by atoms with Crippen LogP contribution in [0.1, 0.15) is 28.5 Å². The van der Waals surface area contributed by atoms with Crippen LogP contribution in [0.3, 0.4) is 0 Å². The number of halogens is 1. The number of esters is 1. The fourth-order valence-electron chi connectivity index (χ4n) is 3.17. The summed E-state index contributed by atoms with van der Waals surface area (Å²) < 4.78 is 29.5. The van der Waals surface area contributed by atoms with E-state index in [4.69, 9.17) is 14.2 Å². The fraction of sp³-hybridized carbons (Fsp3) is 0.217. The number of aromatic nitrogens is 2. The largest absolute Gasteiger partial charge is 0.497 e. The number of carbonyl (C=O) groups is 2. The van der Waals surface area contributed by atoms with Crippen molar-refractivity contribution in [2.75, 3.05) is 21.3 Å². The summed E-state index contributed by atoms with van der Waals surface area (Å²) in [5.41, 5.74) is 2.86. The molecule has 0 aliphatic carbocycles. The van der Waals surface area contributed by atoms with Gasteiger partial charge in [-0.2, -0.15) is 5.10 Å². The number of rotatable bonds is 8. The van der Waals surface area contributed by atoms with Crippen LogP contribution in [-0.4, -0.2) is 48.7 Å². The van der Waals surface area contributed by atoms with Crippen molar-refractivity contribution in [1.82, 2.24) is 15.2 Å². The van der Waals surface area contributed by atoms with Gasteiger partial charge in [0.05, 0.1) is 50.4 Å². The Hall–Kier alpha value is -4.41. The summed E-state index contributed by atoms with van der Waals surface area (Å²) in [6.45, 7) is 1.51. The Bertz CT molecular complexity index is 1270. The first-order valence-corrected chi connectivity index (χ1v) is 10.0. The number of ether oxygens (including phenoxy) is 3. The maximum Gasteiger partial charge on any atom is 0.311 e. The summed E-state index contributed by atoms with van der Waals surface area (Å²) in [5.74, 6) is -0.792. The summed E-state index contributed by atoms with van der Waals surface area (Å²) in [5, 5.41) is 6.88. The number of hydrogen-bond acceptors (Lipinski definition) is 7. The average molecular weight is 470 g/mol. The number of amides is 1. The smallest absolute Gasteiger partial charge is 0.311 e. The molecule has 0 saturated carbocycles. The molecule has 2 N–H and O–H groups in total. The molecule has 1 aromatic heterocycles. The highest BCUT2D eigenvalue weighted by atomic mass is 19.1. The van der Waals surface area contributed by atoms with Crippen LogP contribution in [0.25, 0.3) is 5.69 Å². The molecule has 3 aromatic rings. The maximum atomic E-state index is 13.3. The Morgan fingerprint density at radius 2 is 1.68 bits per heavy atom. The first-order valence-electron chi connectivity index (χ1n) is 10.0. The van der Waals surface area contributed by atoms with E-state index in [0.29, 0.717) is 17.2 Å². The highest BCUT2D eigenvalue weighted by Crippen LogP contribution is 2.22. The molecule has 34 heavy (non-hydrogen) atoms. The second-order valence-corrected chi connectivity index (χ2v) is 7.07. The molecule has 2 aromatic carbocycles. The number of methoxy groups -OCH3 is 3. The van der Waals surface area contributed by atoms with Gasteiger partial charge in [-0.3, -0.25) is 19.5 Å². The maximum absolute atomic E-state index is 13.3. The molecule has 0 atom stereocenters. The van der Waals surface area contributed by atoms with Gasteiger partial charge in [0.25, 0.3) is 11.5 Å². The zero-order chi connectivity index (χ0) is 24.8. The zero-order valence-electron chi connectivity index (χ0n) is 19.0. The normalized spacial score (nSPS) is 11.1. The topological polar surface area (TPSA) is 124 Å². The van der Waals surface area contributed by atoms with Gasteiger partial charge >= 0.3 is 5.97 Å². The van der Waals surface area contributed by atoms with Crippen molar-refractivity contribution in [3.8, 4) is 17.2 Å². The van der Waals surface area contributed by atoms with Gasteiger partial charge in [0.15, 0.2) is 0 Å². The van der Waals surface area contributed by atoms with Crippen molar-refractivity contribution >= 4 is 17.6 Å². The Kier molecular flexibility index (Phi) is 7.46. The number of carbonyl (C=O) groups excluding carboxylic acids is 2. The molecule has 1 heterocycles. The Morgan fingerprint density at radius 3 is 2.24 bits per heavy atom. The summed E-state index contributed by atoms with van der Waals surface area (Å²) in [4.78, 5) is 37.7. The van der Waals surface area contributed by atoms with Crippen molar-refractivity contribution in [3.05, 3.63) is 75.5 Å². The van der Waals surface area contributed by atoms with Crippen LogP contribution in [-0.2, 0) is 16.0 Å². The van der Waals surface area contributed by atoms with Crippen molar-refractivity contribution in [3.63, 3.8) is 0 Å². The number of nitrogens with zero attached hydrogens (tertiary/aromatic N) is 2. The third-order valence-corrected chi connectivity index (χ3v) is 4.90. The lowest BCUT2D eigenvalue weighted by Gasteiger charge is -2.08. The minimum atomic E-state index is -0.589. The summed E-state index contributed by atoms with van der Waals surface area (Å²) in [6.07, 6.45) is -0.247. The van der Waals surface area contributed by atoms with E-state index >= 15 is 0 Å². The molecule has 0 spiro atoms. The summed E-state index contributed by atoms with van der Waals surface area (Å²) in [6, 6.07) is 9.83. The number of hydrogen-bond donors (Lipinski definition) is 2. The number of aromatic amines is 1. The van der Waals surface area contributed by atoms with Crippen LogP contribution >= 0.6 is 0 Å². The van der Waals surface area contributed by atoms with E-state index in [-0.39, 0.29) is 29.0 Å². The van der Waals surface area contributed by atoms with Gasteiger partial charge in [-0.25, -0.2) is 14.5 Å². The van der Waals surface area contributed by atoms with Crippen LogP contribution in [0.5, 0.6) is 11.5 Å². The van der Waals surface area contributed by atoms with Crippen LogP contribution < -0.4 is 20.5 Å². The number of hydrazone groups is 1. The number of nitrogens with one attached hydrogen (secondary N) is 2. The van der Waals surface area contributed by atoms with Gasteiger partial charge in [0, 0.05) is 11.6 Å². The third kappa shape index (κ3) is 5.31. The quantitative estimate of drug-likeness (QED) is 0.296. The molecular weight excluding hydrogens is 447 g/mol. The molecule has 0 aliphatic heterocycles. The van der Waals surface area contributed by atoms with E-state index in [0.717, 1.165) is 4.68 Å². The van der Waals surface area contributed by atoms with E-state index in [1.54, 1.807) is 6.07 Å². The van der Waals surface area contributed by atoms with Crippen LogP contribution in [0.4, 0.5) is 4.39 Å². The lowest BCUT2D eigenvalue weighted by atomic mass is 10.1. The van der Waals surface area contributed by atoms with E-state index in [1.807, 2.05) is 0 Å². The van der Waals surface area contributed by atoms with Gasteiger partial charge in [0.1, 0.15) is 17.3 Å². The number of benzene rings is 2. The van der Waals surface area contributed by atoms with Crippen molar-refractivity contribution in [2.45, 2.75) is 13.3 Å². The molecule has 11 heteroatoms. The van der Waals surface area contributed by atoms with Crippen molar-refractivity contribution in [1.29, 1.82) is 0 Å². The summed E-state index contributed by atoms with van der Waals surface area (Å²) >= 11 is 0. The molecular formula is C23H23FN4O6. The van der Waals surface area contributed by atoms with E-state index in [2.05, 4.69) is 15.6 Å². The first-order chi connectivity index (χ1) is 16.3. The predicted octanol–water partition coefficient (Wildman–Crippen LogP) is 2.19. The third-order valence-electron chi connectivity index (χ3n) is 4.90. The second-order valence-electron chi connectivity index (χ2n) is 7.07. The highest BCUT2D eigenvalue weighted by Gasteiger charge is 2.21. The average Bonchev–Trinajstić information content (AvgIpc) is 3.17. The minimum Gasteiger partial charge on any atom is -0.497 e. The van der Waals surface area contributed by atoms with E-state index in [9.17, 15) is 18.8 Å². The van der Waals surface area contributed by atoms with Gasteiger partial charge in [-0.1, -0.05) is 0 Å². The molecule has 0 fully saturated rings. The Balaban J connectivity index is 1.97. The SMILES string of the molecule is COC(=O)Cc1[nH]n(-c2ccc(F)cc2)c(=O)c1/C(C)=N/NC(=O)c1cc(OC)cc(OC)c1. The molecule has 178 valence electrons. The molecule has 3 rings (SSSR count). The number of H-pyrrole nitrogens is 1. The van der Waals surface area contributed by atoms with Gasteiger partial charge in [-0.15, -0.1) is 0 Å². The Labute approximate surface area is 193 Å². The lowest BCUT2D eigenvalue weighted by molar-refractivity contribution is -0.139. The molecule has 10 nitrogen and oxygen atoms in total. The first kappa shape index (κ1) is 24.2. The fourth-order valence-corrected chi connectivity index (χ4v) is 3.17. The molecule has 0 bridgehead atoms. The molecule has 0 saturated heterocycles. The van der Waals surface area contributed by atoms with E-state index < -0.39 is 23.3 Å². The standard InChI is InChI=1S/C23H23FN4O6/c1-13(25-26-22(30)14-9-17(32-2)11-18(10-14)33-3)21-19(12-20(29)34-4)27-28(23(21)31)16-7-5-15(24)6-8-16/h5-11,27H,12H2,1-4H3,(H,26,30)/b25-13+. The van der Waals surface area contributed by atoms with Gasteiger partial charge in [-0.05, 0) is 43.3 Å². The van der Waals surface area contributed by atoms with Gasteiger partial charge in [0.2, 0.25) is 0 Å². The second kappa shape index (κ2) is 10.5.